The lowest BCUT2D eigenvalue weighted by molar-refractivity contribution is -0.312. The summed E-state index contributed by atoms with van der Waals surface area (Å²) < 4.78 is 0. The van der Waals surface area contributed by atoms with Crippen LogP contribution < -0.4 is 0 Å². The van der Waals surface area contributed by atoms with Gasteiger partial charge >= 0.3 is 11.9 Å². The van der Waals surface area contributed by atoms with Crippen LogP contribution in [0.5, 0.6) is 0 Å². The zero-order valence-electron chi connectivity index (χ0n) is 10.6. The smallest absolute Gasteiger partial charge is 0.311 e. The van der Waals surface area contributed by atoms with Gasteiger partial charge in [0.2, 0.25) is 0 Å². The van der Waals surface area contributed by atoms with Gasteiger partial charge in [0.1, 0.15) is 0 Å². The third-order valence-electron chi connectivity index (χ3n) is 5.04. The zero-order valence-corrected chi connectivity index (χ0v) is 12.2. The quantitative estimate of drug-likeness (QED) is 0.738. The molecule has 102 valence electrons. The molecule has 3 rings (SSSR count). The van der Waals surface area contributed by atoms with Gasteiger partial charge in [-0.25, -0.2) is 0 Å². The van der Waals surface area contributed by atoms with Gasteiger partial charge in [0, 0.05) is 4.83 Å². The summed E-state index contributed by atoms with van der Waals surface area (Å²) in [6.07, 6.45) is 3.02. The van der Waals surface area contributed by atoms with E-state index in [4.69, 9.17) is 0 Å². The van der Waals surface area contributed by atoms with Gasteiger partial charge in [0.25, 0.3) is 0 Å². The van der Waals surface area contributed by atoms with Gasteiger partial charge in [0.15, 0.2) is 0 Å². The summed E-state index contributed by atoms with van der Waals surface area (Å²) in [4.78, 5) is 22.9. The van der Waals surface area contributed by atoms with E-state index in [0.717, 1.165) is 12.8 Å². The van der Waals surface area contributed by atoms with E-state index in [2.05, 4.69) is 15.9 Å². The molecule has 0 aromatic rings. The van der Waals surface area contributed by atoms with Crippen molar-refractivity contribution in [3.8, 4) is 0 Å². The van der Waals surface area contributed by atoms with Crippen molar-refractivity contribution in [2.75, 3.05) is 0 Å². The summed E-state index contributed by atoms with van der Waals surface area (Å²) >= 11 is 3.35. The Morgan fingerprint density at radius 2 is 1.33 bits per heavy atom. The Balaban J connectivity index is 2.39. The normalized spacial score (nSPS) is 44.9. The van der Waals surface area contributed by atoms with Gasteiger partial charge < -0.3 is 10.2 Å². The predicted molar refractivity (Wildman–Crippen MR) is 69.6 cm³/mol. The summed E-state index contributed by atoms with van der Waals surface area (Å²) in [6, 6.07) is 0. The Hall–Kier alpha value is -0.580. The maximum Gasteiger partial charge on any atom is 0.311 e. The van der Waals surface area contributed by atoms with Gasteiger partial charge in [-0.05, 0) is 24.7 Å². The van der Waals surface area contributed by atoms with Crippen LogP contribution in [0.3, 0.4) is 0 Å². The number of carboxylic acid groups (broad SMARTS) is 2. The molecule has 3 aliphatic carbocycles. The average Bonchev–Trinajstić information content (AvgIpc) is 2.27. The average molecular weight is 319 g/mol. The molecule has 2 bridgehead atoms. The first-order valence-electron chi connectivity index (χ1n) is 6.54. The Labute approximate surface area is 115 Å². The highest BCUT2D eigenvalue weighted by atomic mass is 79.9. The zero-order chi connectivity index (χ0) is 13.7. The molecule has 0 saturated heterocycles. The number of halogens is 1. The van der Waals surface area contributed by atoms with Crippen LogP contribution in [0.15, 0.2) is 0 Å². The second kappa shape index (κ2) is 4.22. The van der Waals surface area contributed by atoms with E-state index < -0.39 is 27.6 Å². The van der Waals surface area contributed by atoms with Crippen molar-refractivity contribution in [2.24, 2.45) is 22.7 Å². The Morgan fingerprint density at radius 3 is 1.56 bits per heavy atom. The molecular formula is C13H19BrO4. The minimum Gasteiger partial charge on any atom is -0.481 e. The van der Waals surface area contributed by atoms with Crippen LogP contribution in [0.4, 0.5) is 0 Å². The molecule has 18 heavy (non-hydrogen) atoms. The van der Waals surface area contributed by atoms with Crippen molar-refractivity contribution >= 4 is 27.9 Å². The number of carbonyl (C=O) groups is 2. The first-order chi connectivity index (χ1) is 8.43. The Bertz CT molecular complexity index is 348. The molecule has 0 atom stereocenters. The van der Waals surface area contributed by atoms with Crippen LogP contribution in [0.2, 0.25) is 0 Å². The number of hydrogen-bond acceptors (Lipinski definition) is 2. The monoisotopic (exact) mass is 318 g/mol. The molecule has 5 heteroatoms. The molecular weight excluding hydrogens is 300 g/mol. The maximum absolute atomic E-state index is 11.7. The first kappa shape index (κ1) is 13.8. The standard InChI is InChI=1S/C13H19BrO4/c1-3-5-7-12(10(15)16)8(6-4-2)13(7,9(12)14)11(17)18/h7-9H,3-6H2,1-2H3,(H,15,16)(H,17,18). The molecule has 0 aromatic carbocycles. The third kappa shape index (κ3) is 1.12. The lowest BCUT2D eigenvalue weighted by Crippen LogP contribution is -2.90. The maximum atomic E-state index is 11.7. The molecule has 0 heterocycles. The molecule has 2 N–H and O–H groups in total. The summed E-state index contributed by atoms with van der Waals surface area (Å²) in [5, 5.41) is 19.1. The van der Waals surface area contributed by atoms with Crippen molar-refractivity contribution in [3.63, 3.8) is 0 Å². The second-order valence-corrected chi connectivity index (χ2v) is 6.44. The molecule has 0 spiro atoms. The molecule has 0 aromatic heterocycles. The minimum atomic E-state index is -0.843. The van der Waals surface area contributed by atoms with Crippen molar-refractivity contribution in [1.29, 1.82) is 0 Å². The van der Waals surface area contributed by atoms with Crippen LogP contribution in [0, 0.1) is 22.7 Å². The molecule has 3 saturated carbocycles. The minimum absolute atomic E-state index is 0.217. The van der Waals surface area contributed by atoms with Gasteiger partial charge in [-0.2, -0.15) is 0 Å². The van der Waals surface area contributed by atoms with Gasteiger partial charge in [0.05, 0.1) is 10.8 Å². The Morgan fingerprint density at radius 1 is 1.00 bits per heavy atom. The van der Waals surface area contributed by atoms with E-state index in [0.29, 0.717) is 12.8 Å². The predicted octanol–water partition coefficient (Wildman–Crippen LogP) is 2.75. The van der Waals surface area contributed by atoms with E-state index in [1.165, 1.54) is 0 Å². The highest BCUT2D eigenvalue weighted by Crippen LogP contribution is 2.84. The fourth-order valence-corrected chi connectivity index (χ4v) is 6.10. The lowest BCUT2D eigenvalue weighted by atomic mass is 9.22. The largest absolute Gasteiger partial charge is 0.481 e. The molecule has 4 nitrogen and oxygen atoms in total. The number of rotatable bonds is 6. The van der Waals surface area contributed by atoms with E-state index in [1.807, 2.05) is 13.8 Å². The molecule has 3 aliphatic rings. The van der Waals surface area contributed by atoms with Gasteiger partial charge in [-0.15, -0.1) is 0 Å². The fourth-order valence-electron chi connectivity index (χ4n) is 4.43. The Kier molecular flexibility index (Phi) is 3.24. The van der Waals surface area contributed by atoms with E-state index in [-0.39, 0.29) is 11.8 Å². The number of alkyl halides is 1. The first-order valence-corrected chi connectivity index (χ1v) is 7.45. The lowest BCUT2D eigenvalue weighted by Gasteiger charge is -2.80. The second-order valence-electron chi connectivity index (χ2n) is 5.52. The van der Waals surface area contributed by atoms with Crippen LogP contribution in [0.25, 0.3) is 0 Å². The number of hydrogen-bond donors (Lipinski definition) is 2. The van der Waals surface area contributed by atoms with Crippen molar-refractivity contribution in [2.45, 2.75) is 44.4 Å². The summed E-state index contributed by atoms with van der Waals surface area (Å²) in [5.74, 6) is -2.09. The van der Waals surface area contributed by atoms with E-state index in [9.17, 15) is 19.8 Å². The molecule has 0 unspecified atom stereocenters. The number of carboxylic acids is 2. The van der Waals surface area contributed by atoms with E-state index in [1.54, 1.807) is 0 Å². The van der Waals surface area contributed by atoms with Gasteiger partial charge in [-0.3, -0.25) is 9.59 Å². The molecule has 0 radical (unpaired) electrons. The van der Waals surface area contributed by atoms with E-state index >= 15 is 0 Å². The summed E-state index contributed by atoms with van der Waals surface area (Å²) in [5.41, 5.74) is -1.69. The summed E-state index contributed by atoms with van der Waals surface area (Å²) in [6.45, 7) is 3.95. The SMILES string of the molecule is CCCC1C2(C(=O)O)C(Br)C1(C(=O)O)C2CCC. The van der Waals surface area contributed by atoms with Crippen LogP contribution in [0.1, 0.15) is 39.5 Å². The van der Waals surface area contributed by atoms with Crippen molar-refractivity contribution in [3.05, 3.63) is 0 Å². The third-order valence-corrected chi connectivity index (χ3v) is 6.56. The van der Waals surface area contributed by atoms with Crippen LogP contribution in [-0.4, -0.2) is 27.0 Å². The number of aliphatic carboxylic acids is 2. The molecule has 0 aliphatic heterocycles. The fraction of sp³-hybridized carbons (Fsp3) is 0.846. The summed E-state index contributed by atoms with van der Waals surface area (Å²) in [7, 11) is 0. The van der Waals surface area contributed by atoms with Crippen molar-refractivity contribution < 1.29 is 19.8 Å². The highest BCUT2D eigenvalue weighted by molar-refractivity contribution is 9.09. The van der Waals surface area contributed by atoms with Crippen LogP contribution >= 0.6 is 15.9 Å². The highest BCUT2D eigenvalue weighted by Gasteiger charge is 2.92. The van der Waals surface area contributed by atoms with Crippen molar-refractivity contribution in [1.82, 2.24) is 0 Å². The van der Waals surface area contributed by atoms with Gasteiger partial charge in [-0.1, -0.05) is 42.6 Å². The topological polar surface area (TPSA) is 74.6 Å². The molecule has 0 amide bonds. The molecule has 3 fully saturated rings. The van der Waals surface area contributed by atoms with Crippen LogP contribution in [-0.2, 0) is 9.59 Å².